The van der Waals surface area contributed by atoms with E-state index in [2.05, 4.69) is 22.2 Å². The lowest BCUT2D eigenvalue weighted by Gasteiger charge is -2.34. The Morgan fingerprint density at radius 1 is 1.63 bits per heavy atom. The minimum Gasteiger partial charge on any atom is -0.373 e. The van der Waals surface area contributed by atoms with Crippen molar-refractivity contribution in [1.29, 1.82) is 0 Å². The molecule has 2 rings (SSSR count). The normalized spacial score (nSPS) is 21.9. The average molecular weight is 266 g/mol. The first-order chi connectivity index (χ1) is 9.06. The van der Waals surface area contributed by atoms with Gasteiger partial charge in [-0.2, -0.15) is 0 Å². The number of nitro groups is 1. The Morgan fingerprint density at radius 2 is 2.42 bits per heavy atom. The third-order valence-electron chi connectivity index (χ3n) is 3.19. The SMILES string of the molecule is CC(Nc1ccc([N+](=O)[O-])cn1)C1CN(C)CCO1. The van der Waals surface area contributed by atoms with Crippen LogP contribution in [0.4, 0.5) is 11.5 Å². The summed E-state index contributed by atoms with van der Waals surface area (Å²) in [6, 6.07) is 3.15. The maximum Gasteiger partial charge on any atom is 0.287 e. The zero-order chi connectivity index (χ0) is 13.8. The van der Waals surface area contributed by atoms with Crippen molar-refractivity contribution in [1.82, 2.24) is 9.88 Å². The van der Waals surface area contributed by atoms with E-state index >= 15 is 0 Å². The third-order valence-corrected chi connectivity index (χ3v) is 3.19. The molecule has 1 aromatic rings. The van der Waals surface area contributed by atoms with E-state index < -0.39 is 4.92 Å². The number of nitrogens with zero attached hydrogens (tertiary/aromatic N) is 3. The number of nitrogens with one attached hydrogen (secondary N) is 1. The van der Waals surface area contributed by atoms with Crippen molar-refractivity contribution in [2.45, 2.75) is 19.1 Å². The second kappa shape index (κ2) is 5.94. The highest BCUT2D eigenvalue weighted by Gasteiger charge is 2.23. The Bertz CT molecular complexity index is 437. The second-order valence-electron chi connectivity index (χ2n) is 4.76. The van der Waals surface area contributed by atoms with Gasteiger partial charge in [0, 0.05) is 19.2 Å². The highest BCUT2D eigenvalue weighted by molar-refractivity contribution is 5.41. The van der Waals surface area contributed by atoms with E-state index in [9.17, 15) is 10.1 Å². The van der Waals surface area contributed by atoms with Crippen molar-refractivity contribution in [3.63, 3.8) is 0 Å². The van der Waals surface area contributed by atoms with Gasteiger partial charge >= 0.3 is 0 Å². The fourth-order valence-corrected chi connectivity index (χ4v) is 2.02. The molecule has 0 bridgehead atoms. The fourth-order valence-electron chi connectivity index (χ4n) is 2.02. The topological polar surface area (TPSA) is 80.5 Å². The summed E-state index contributed by atoms with van der Waals surface area (Å²) in [5, 5.41) is 13.8. The van der Waals surface area contributed by atoms with Crippen LogP contribution in [0.5, 0.6) is 0 Å². The standard InChI is InChI=1S/C12H18N4O3/c1-9(11-8-15(2)5-6-19-11)14-12-4-3-10(7-13-12)16(17)18/h3-4,7,9,11H,5-6,8H2,1-2H3,(H,13,14). The van der Waals surface area contributed by atoms with Crippen LogP contribution in [0, 0.1) is 10.1 Å². The molecule has 0 aromatic carbocycles. The highest BCUT2D eigenvalue weighted by atomic mass is 16.6. The van der Waals surface area contributed by atoms with Gasteiger partial charge in [-0.15, -0.1) is 0 Å². The Labute approximate surface area is 111 Å². The van der Waals surface area contributed by atoms with Gasteiger partial charge in [0.1, 0.15) is 12.0 Å². The predicted molar refractivity (Wildman–Crippen MR) is 71.2 cm³/mol. The molecule has 7 nitrogen and oxygen atoms in total. The van der Waals surface area contributed by atoms with E-state index in [0.717, 1.165) is 19.7 Å². The van der Waals surface area contributed by atoms with Crippen LogP contribution in [0.3, 0.4) is 0 Å². The molecular formula is C12H18N4O3. The number of ether oxygens (including phenoxy) is 1. The molecule has 0 spiro atoms. The summed E-state index contributed by atoms with van der Waals surface area (Å²) >= 11 is 0. The van der Waals surface area contributed by atoms with Gasteiger partial charge in [-0.25, -0.2) is 4.98 Å². The number of likely N-dealkylation sites (N-methyl/N-ethyl adjacent to an activating group) is 1. The van der Waals surface area contributed by atoms with Crippen molar-refractivity contribution in [3.05, 3.63) is 28.4 Å². The molecule has 1 fully saturated rings. The van der Waals surface area contributed by atoms with Crippen LogP contribution in [0.2, 0.25) is 0 Å². The summed E-state index contributed by atoms with van der Waals surface area (Å²) in [6.07, 6.45) is 1.35. The molecule has 0 radical (unpaired) electrons. The Hall–Kier alpha value is -1.73. The van der Waals surface area contributed by atoms with Crippen molar-refractivity contribution in [2.24, 2.45) is 0 Å². The summed E-state index contributed by atoms with van der Waals surface area (Å²) < 4.78 is 5.70. The Balaban J connectivity index is 1.94. The molecule has 2 heterocycles. The maximum absolute atomic E-state index is 10.5. The van der Waals surface area contributed by atoms with Crippen LogP contribution in [-0.4, -0.2) is 53.7 Å². The van der Waals surface area contributed by atoms with Crippen LogP contribution in [0.25, 0.3) is 0 Å². The van der Waals surface area contributed by atoms with Gasteiger partial charge in [-0.3, -0.25) is 10.1 Å². The molecule has 1 aromatic heterocycles. The monoisotopic (exact) mass is 266 g/mol. The lowest BCUT2D eigenvalue weighted by Crippen LogP contribution is -2.47. The van der Waals surface area contributed by atoms with Gasteiger partial charge in [0.15, 0.2) is 0 Å². The summed E-state index contributed by atoms with van der Waals surface area (Å²) in [6.45, 7) is 4.55. The van der Waals surface area contributed by atoms with E-state index in [0.29, 0.717) is 5.82 Å². The van der Waals surface area contributed by atoms with Gasteiger partial charge < -0.3 is 15.0 Å². The average Bonchev–Trinajstić information content (AvgIpc) is 2.39. The maximum atomic E-state index is 10.5. The highest BCUT2D eigenvalue weighted by Crippen LogP contribution is 2.15. The molecule has 0 saturated carbocycles. The molecule has 104 valence electrons. The van der Waals surface area contributed by atoms with Gasteiger partial charge in [-0.1, -0.05) is 0 Å². The molecule has 1 saturated heterocycles. The largest absolute Gasteiger partial charge is 0.373 e. The van der Waals surface area contributed by atoms with Gasteiger partial charge in [0.05, 0.1) is 23.7 Å². The molecule has 1 aliphatic rings. The first kappa shape index (κ1) is 13.7. The van der Waals surface area contributed by atoms with Crippen molar-refractivity contribution >= 4 is 11.5 Å². The fraction of sp³-hybridized carbons (Fsp3) is 0.583. The molecule has 2 unspecified atom stereocenters. The first-order valence-corrected chi connectivity index (χ1v) is 6.23. The van der Waals surface area contributed by atoms with Gasteiger partial charge in [0.25, 0.3) is 5.69 Å². The van der Waals surface area contributed by atoms with E-state index in [4.69, 9.17) is 4.74 Å². The lowest BCUT2D eigenvalue weighted by molar-refractivity contribution is -0.385. The van der Waals surface area contributed by atoms with E-state index in [1.165, 1.54) is 12.3 Å². The number of aromatic nitrogens is 1. The molecule has 1 N–H and O–H groups in total. The van der Waals surface area contributed by atoms with Crippen LogP contribution >= 0.6 is 0 Å². The Morgan fingerprint density at radius 3 is 3.00 bits per heavy atom. The molecular weight excluding hydrogens is 248 g/mol. The summed E-state index contributed by atoms with van der Waals surface area (Å²) in [4.78, 5) is 16.3. The molecule has 19 heavy (non-hydrogen) atoms. The van der Waals surface area contributed by atoms with Crippen molar-refractivity contribution < 1.29 is 9.66 Å². The zero-order valence-corrected chi connectivity index (χ0v) is 11.1. The Kier molecular flexibility index (Phi) is 4.28. The van der Waals surface area contributed by atoms with E-state index in [1.807, 2.05) is 6.92 Å². The second-order valence-corrected chi connectivity index (χ2v) is 4.76. The van der Waals surface area contributed by atoms with E-state index in [-0.39, 0.29) is 17.8 Å². The van der Waals surface area contributed by atoms with Crippen LogP contribution in [0.15, 0.2) is 18.3 Å². The number of hydrogen-bond acceptors (Lipinski definition) is 6. The molecule has 2 atom stereocenters. The van der Waals surface area contributed by atoms with Gasteiger partial charge in [-0.05, 0) is 20.0 Å². The minimum atomic E-state index is -0.459. The molecule has 7 heteroatoms. The number of rotatable bonds is 4. The van der Waals surface area contributed by atoms with Crippen LogP contribution < -0.4 is 5.32 Å². The molecule has 1 aliphatic heterocycles. The summed E-state index contributed by atoms with van der Waals surface area (Å²) in [7, 11) is 2.06. The van der Waals surface area contributed by atoms with Crippen molar-refractivity contribution in [3.8, 4) is 0 Å². The van der Waals surface area contributed by atoms with Crippen molar-refractivity contribution in [2.75, 3.05) is 32.1 Å². The van der Waals surface area contributed by atoms with Gasteiger partial charge in [0.2, 0.25) is 0 Å². The number of anilines is 1. The predicted octanol–water partition coefficient (Wildman–Crippen LogP) is 1.12. The van der Waals surface area contributed by atoms with Crippen LogP contribution in [-0.2, 0) is 4.74 Å². The minimum absolute atomic E-state index is 0.00754. The smallest absolute Gasteiger partial charge is 0.287 e. The summed E-state index contributed by atoms with van der Waals surface area (Å²) in [5.41, 5.74) is -0.00754. The van der Waals surface area contributed by atoms with E-state index in [1.54, 1.807) is 6.07 Å². The molecule has 0 aliphatic carbocycles. The first-order valence-electron chi connectivity index (χ1n) is 6.23. The third kappa shape index (κ3) is 3.62. The van der Waals surface area contributed by atoms with Crippen LogP contribution in [0.1, 0.15) is 6.92 Å². The zero-order valence-electron chi connectivity index (χ0n) is 11.1. The molecule has 0 amide bonds. The number of hydrogen-bond donors (Lipinski definition) is 1. The lowest BCUT2D eigenvalue weighted by atomic mass is 10.1. The number of morpholine rings is 1. The quantitative estimate of drug-likeness (QED) is 0.649. The number of pyridine rings is 1. The summed E-state index contributed by atoms with van der Waals surface area (Å²) in [5.74, 6) is 0.620.